The van der Waals surface area contributed by atoms with Gasteiger partial charge in [-0.1, -0.05) is 17.3 Å². The summed E-state index contributed by atoms with van der Waals surface area (Å²) in [6, 6.07) is 6.65. The molecule has 1 heterocycles. The summed E-state index contributed by atoms with van der Waals surface area (Å²) < 4.78 is 4.84. The monoisotopic (exact) mass is 260 g/mol. The Morgan fingerprint density at radius 3 is 2.84 bits per heavy atom. The van der Waals surface area contributed by atoms with Crippen LogP contribution in [0.1, 0.15) is 21.7 Å². The fraction of sp³-hybridized carbons (Fsp3) is 0.154. The number of hydrogen-bond acceptors (Lipinski definition) is 4. The van der Waals surface area contributed by atoms with Gasteiger partial charge in [-0.15, -0.1) is 0 Å². The zero-order valence-corrected chi connectivity index (χ0v) is 10.2. The van der Waals surface area contributed by atoms with E-state index in [2.05, 4.69) is 10.5 Å². The van der Waals surface area contributed by atoms with Gasteiger partial charge in [0, 0.05) is 11.3 Å². The maximum atomic E-state index is 11.9. The van der Waals surface area contributed by atoms with E-state index in [0.29, 0.717) is 16.8 Å². The molecule has 0 unspecified atom stereocenters. The lowest BCUT2D eigenvalue weighted by Gasteiger charge is -2.05. The number of rotatable bonds is 4. The second kappa shape index (κ2) is 5.34. The van der Waals surface area contributed by atoms with Gasteiger partial charge in [-0.05, 0) is 24.6 Å². The van der Waals surface area contributed by atoms with E-state index in [1.165, 1.54) is 6.20 Å². The molecule has 0 spiro atoms. The van der Waals surface area contributed by atoms with E-state index in [1.807, 2.05) is 0 Å². The number of carbonyl (C=O) groups is 2. The summed E-state index contributed by atoms with van der Waals surface area (Å²) in [5.41, 5.74) is 1.76. The molecule has 0 bridgehead atoms. The van der Waals surface area contributed by atoms with Crippen molar-refractivity contribution in [2.45, 2.75) is 13.3 Å². The van der Waals surface area contributed by atoms with Crippen molar-refractivity contribution in [2.24, 2.45) is 0 Å². The van der Waals surface area contributed by atoms with E-state index in [0.717, 1.165) is 0 Å². The molecular formula is C13H12N2O4. The SMILES string of the molecule is Cc1cnoc1C(=O)Nc1cccc(CC(=O)O)c1. The van der Waals surface area contributed by atoms with Crippen molar-refractivity contribution in [2.75, 3.05) is 5.32 Å². The maximum Gasteiger partial charge on any atom is 0.307 e. The number of carboxylic acids is 1. The average molecular weight is 260 g/mol. The quantitative estimate of drug-likeness (QED) is 0.875. The molecule has 6 nitrogen and oxygen atoms in total. The van der Waals surface area contributed by atoms with Crippen molar-refractivity contribution >= 4 is 17.6 Å². The van der Waals surface area contributed by atoms with E-state index in [-0.39, 0.29) is 12.2 Å². The molecule has 1 amide bonds. The number of hydrogen-bond donors (Lipinski definition) is 2. The molecule has 1 aromatic heterocycles. The van der Waals surface area contributed by atoms with Gasteiger partial charge in [-0.25, -0.2) is 0 Å². The summed E-state index contributed by atoms with van der Waals surface area (Å²) in [6.07, 6.45) is 1.36. The number of nitrogens with one attached hydrogen (secondary N) is 1. The van der Waals surface area contributed by atoms with Crippen LogP contribution in [0.5, 0.6) is 0 Å². The Morgan fingerprint density at radius 1 is 1.42 bits per heavy atom. The Bertz CT molecular complexity index is 619. The van der Waals surface area contributed by atoms with Gasteiger partial charge in [0.1, 0.15) is 0 Å². The number of anilines is 1. The summed E-state index contributed by atoms with van der Waals surface area (Å²) in [5, 5.41) is 14.9. The standard InChI is InChI=1S/C13H12N2O4/c1-8-7-14-19-12(8)13(18)15-10-4-2-3-9(5-10)6-11(16)17/h2-5,7H,6H2,1H3,(H,15,18)(H,16,17). The fourth-order valence-corrected chi connectivity index (χ4v) is 1.63. The fourth-order valence-electron chi connectivity index (χ4n) is 1.63. The number of aryl methyl sites for hydroxylation is 1. The molecule has 0 saturated heterocycles. The van der Waals surface area contributed by atoms with Gasteiger partial charge < -0.3 is 14.9 Å². The normalized spacial score (nSPS) is 10.2. The molecule has 0 atom stereocenters. The van der Waals surface area contributed by atoms with Crippen LogP contribution < -0.4 is 5.32 Å². The first kappa shape index (κ1) is 12.8. The highest BCUT2D eigenvalue weighted by molar-refractivity contribution is 6.03. The van der Waals surface area contributed by atoms with E-state index in [4.69, 9.17) is 9.63 Å². The second-order valence-corrected chi connectivity index (χ2v) is 4.06. The minimum absolute atomic E-state index is 0.0922. The number of carbonyl (C=O) groups excluding carboxylic acids is 1. The molecule has 2 rings (SSSR count). The lowest BCUT2D eigenvalue weighted by atomic mass is 10.1. The topological polar surface area (TPSA) is 92.4 Å². The Hall–Kier alpha value is -2.63. The summed E-state index contributed by atoms with van der Waals surface area (Å²) in [5.74, 6) is -1.19. The third-order valence-electron chi connectivity index (χ3n) is 2.49. The molecule has 6 heteroatoms. The number of benzene rings is 1. The van der Waals surface area contributed by atoms with Crippen molar-refractivity contribution in [1.82, 2.24) is 5.16 Å². The number of nitrogens with zero attached hydrogens (tertiary/aromatic N) is 1. The molecular weight excluding hydrogens is 248 g/mol. The third kappa shape index (κ3) is 3.19. The number of aliphatic carboxylic acids is 1. The van der Waals surface area contributed by atoms with Gasteiger partial charge in [0.25, 0.3) is 5.91 Å². The Morgan fingerprint density at radius 2 is 2.21 bits per heavy atom. The average Bonchev–Trinajstić information content (AvgIpc) is 2.75. The van der Waals surface area contributed by atoms with Crippen LogP contribution in [0.15, 0.2) is 35.0 Å². The molecule has 0 aliphatic heterocycles. The molecule has 0 fully saturated rings. The first-order chi connectivity index (χ1) is 9.06. The number of aromatic nitrogens is 1. The molecule has 19 heavy (non-hydrogen) atoms. The predicted octanol–water partition coefficient (Wildman–Crippen LogP) is 1.86. The Kier molecular flexibility index (Phi) is 3.61. The molecule has 1 aromatic carbocycles. The molecule has 0 radical (unpaired) electrons. The van der Waals surface area contributed by atoms with Crippen LogP contribution in [0, 0.1) is 6.92 Å². The molecule has 0 aliphatic rings. The van der Waals surface area contributed by atoms with Crippen LogP contribution in [0.4, 0.5) is 5.69 Å². The van der Waals surface area contributed by atoms with E-state index < -0.39 is 11.9 Å². The zero-order chi connectivity index (χ0) is 13.8. The highest BCUT2D eigenvalue weighted by Crippen LogP contribution is 2.14. The van der Waals surface area contributed by atoms with Gasteiger partial charge in [0.2, 0.25) is 5.76 Å². The zero-order valence-electron chi connectivity index (χ0n) is 10.2. The van der Waals surface area contributed by atoms with Crippen LogP contribution in [0.2, 0.25) is 0 Å². The lowest BCUT2D eigenvalue weighted by molar-refractivity contribution is -0.136. The maximum absolute atomic E-state index is 11.9. The van der Waals surface area contributed by atoms with Crippen LogP contribution in [0.25, 0.3) is 0 Å². The van der Waals surface area contributed by atoms with Gasteiger partial charge in [0.15, 0.2) is 0 Å². The molecule has 0 aliphatic carbocycles. The van der Waals surface area contributed by atoms with Crippen molar-refractivity contribution < 1.29 is 19.2 Å². The number of amides is 1. The van der Waals surface area contributed by atoms with Crippen molar-refractivity contribution in [1.29, 1.82) is 0 Å². The van der Waals surface area contributed by atoms with Gasteiger partial charge in [0.05, 0.1) is 12.6 Å². The van der Waals surface area contributed by atoms with Crippen molar-refractivity contribution in [3.63, 3.8) is 0 Å². The Labute approximate surface area is 109 Å². The van der Waals surface area contributed by atoms with Gasteiger partial charge in [-0.3, -0.25) is 9.59 Å². The van der Waals surface area contributed by atoms with Gasteiger partial charge >= 0.3 is 5.97 Å². The van der Waals surface area contributed by atoms with Gasteiger partial charge in [-0.2, -0.15) is 0 Å². The molecule has 98 valence electrons. The van der Waals surface area contributed by atoms with Crippen LogP contribution in [-0.2, 0) is 11.2 Å². The first-order valence-corrected chi connectivity index (χ1v) is 5.59. The largest absolute Gasteiger partial charge is 0.481 e. The van der Waals surface area contributed by atoms with Crippen molar-refractivity contribution in [3.8, 4) is 0 Å². The summed E-state index contributed by atoms with van der Waals surface area (Å²) in [6.45, 7) is 1.71. The van der Waals surface area contributed by atoms with E-state index in [9.17, 15) is 9.59 Å². The summed E-state index contributed by atoms with van der Waals surface area (Å²) >= 11 is 0. The Balaban J connectivity index is 2.13. The van der Waals surface area contributed by atoms with Crippen LogP contribution in [0.3, 0.4) is 0 Å². The highest BCUT2D eigenvalue weighted by atomic mass is 16.5. The minimum Gasteiger partial charge on any atom is -0.481 e. The lowest BCUT2D eigenvalue weighted by Crippen LogP contribution is -2.12. The van der Waals surface area contributed by atoms with E-state index in [1.54, 1.807) is 31.2 Å². The minimum atomic E-state index is -0.922. The highest BCUT2D eigenvalue weighted by Gasteiger charge is 2.14. The van der Waals surface area contributed by atoms with Crippen LogP contribution >= 0.6 is 0 Å². The molecule has 2 N–H and O–H groups in total. The third-order valence-corrected chi connectivity index (χ3v) is 2.49. The smallest absolute Gasteiger partial charge is 0.307 e. The molecule has 2 aromatic rings. The number of carboxylic acid groups (broad SMARTS) is 1. The predicted molar refractivity (Wildman–Crippen MR) is 67.0 cm³/mol. The summed E-state index contributed by atoms with van der Waals surface area (Å²) in [4.78, 5) is 22.5. The molecule has 0 saturated carbocycles. The first-order valence-electron chi connectivity index (χ1n) is 5.59. The van der Waals surface area contributed by atoms with Crippen LogP contribution in [-0.4, -0.2) is 22.1 Å². The summed E-state index contributed by atoms with van der Waals surface area (Å²) in [7, 11) is 0. The second-order valence-electron chi connectivity index (χ2n) is 4.06. The van der Waals surface area contributed by atoms with Crippen molar-refractivity contribution in [3.05, 3.63) is 47.3 Å². The van der Waals surface area contributed by atoms with E-state index >= 15 is 0 Å².